The van der Waals surface area contributed by atoms with Gasteiger partial charge in [-0.1, -0.05) is 11.3 Å². The number of rotatable bonds is 2. The molecule has 0 aliphatic carbocycles. The molecule has 2 heterocycles. The van der Waals surface area contributed by atoms with Gasteiger partial charge in [-0.15, -0.1) is 0 Å². The predicted molar refractivity (Wildman–Crippen MR) is 51.5 cm³/mol. The zero-order chi connectivity index (χ0) is 10.1. The molecule has 0 bridgehead atoms. The van der Waals surface area contributed by atoms with Crippen molar-refractivity contribution in [3.05, 3.63) is 27.1 Å². The summed E-state index contributed by atoms with van der Waals surface area (Å²) in [6, 6.07) is 2.89. The quantitative estimate of drug-likeness (QED) is 0.551. The van der Waals surface area contributed by atoms with Gasteiger partial charge in [0.2, 0.25) is 0 Å². The zero-order valence-corrected chi connectivity index (χ0v) is 8.12. The maximum Gasteiger partial charge on any atom is 0.324 e. The molecule has 74 valence electrons. The lowest BCUT2D eigenvalue weighted by Gasteiger charge is -2.30. The maximum atomic E-state index is 11.6. The number of hydrogen-bond acceptors (Lipinski definition) is 4. The largest absolute Gasteiger partial charge is 0.338 e. The van der Waals surface area contributed by atoms with Crippen LogP contribution in [0.1, 0.15) is 16.1 Å². The number of hydrogen-bond donors (Lipinski definition) is 0. The van der Waals surface area contributed by atoms with E-state index in [2.05, 4.69) is 0 Å². The number of nitro groups is 1. The summed E-state index contributed by atoms with van der Waals surface area (Å²) in [6.45, 7) is 1.54. The highest BCUT2D eigenvalue weighted by Gasteiger charge is 2.24. The number of amides is 1. The van der Waals surface area contributed by atoms with Gasteiger partial charge < -0.3 is 4.90 Å². The number of carbonyl (C=O) groups excluding carboxylic acids is 1. The van der Waals surface area contributed by atoms with E-state index in [4.69, 9.17) is 0 Å². The fraction of sp³-hybridized carbons (Fsp3) is 0.375. The zero-order valence-electron chi connectivity index (χ0n) is 7.30. The summed E-state index contributed by atoms with van der Waals surface area (Å²) in [4.78, 5) is 23.6. The van der Waals surface area contributed by atoms with E-state index in [-0.39, 0.29) is 10.9 Å². The van der Waals surface area contributed by atoms with Gasteiger partial charge >= 0.3 is 5.00 Å². The van der Waals surface area contributed by atoms with E-state index in [9.17, 15) is 14.9 Å². The van der Waals surface area contributed by atoms with Crippen LogP contribution in [0.3, 0.4) is 0 Å². The van der Waals surface area contributed by atoms with Crippen LogP contribution in [0.25, 0.3) is 0 Å². The Morgan fingerprint density at radius 2 is 2.21 bits per heavy atom. The molecule has 2 rings (SSSR count). The number of likely N-dealkylation sites (tertiary alicyclic amines) is 1. The third kappa shape index (κ3) is 1.48. The molecule has 0 spiro atoms. The van der Waals surface area contributed by atoms with Crippen LogP contribution >= 0.6 is 11.3 Å². The molecular weight excluding hydrogens is 204 g/mol. The second kappa shape index (κ2) is 3.38. The minimum Gasteiger partial charge on any atom is -0.338 e. The normalized spacial score (nSPS) is 15.0. The molecule has 0 radical (unpaired) electrons. The van der Waals surface area contributed by atoms with Crippen LogP contribution in [-0.4, -0.2) is 28.8 Å². The standard InChI is InChI=1S/C8H8N2O3S/c11-8(9-4-1-5-9)6-2-3-7(14-6)10(12)13/h2-3H,1,4-5H2. The molecular formula is C8H8N2O3S. The average Bonchev–Trinajstić information content (AvgIpc) is 2.48. The second-order valence-electron chi connectivity index (χ2n) is 3.04. The smallest absolute Gasteiger partial charge is 0.324 e. The molecule has 0 aromatic carbocycles. The Kier molecular flexibility index (Phi) is 2.20. The SMILES string of the molecule is O=C(c1ccc([N+](=O)[O-])s1)N1CCC1. The third-order valence-electron chi connectivity index (χ3n) is 2.13. The van der Waals surface area contributed by atoms with Crippen LogP contribution in [0.2, 0.25) is 0 Å². The summed E-state index contributed by atoms with van der Waals surface area (Å²) in [6.07, 6.45) is 1.03. The molecule has 1 amide bonds. The van der Waals surface area contributed by atoms with Crippen molar-refractivity contribution in [2.45, 2.75) is 6.42 Å². The van der Waals surface area contributed by atoms with E-state index in [0.29, 0.717) is 4.88 Å². The summed E-state index contributed by atoms with van der Waals surface area (Å²) >= 11 is 0.936. The van der Waals surface area contributed by atoms with Crippen molar-refractivity contribution in [3.8, 4) is 0 Å². The minimum absolute atomic E-state index is 0.0221. The van der Waals surface area contributed by atoms with E-state index in [1.54, 1.807) is 4.90 Å². The van der Waals surface area contributed by atoms with Crippen molar-refractivity contribution in [3.63, 3.8) is 0 Å². The topological polar surface area (TPSA) is 63.4 Å². The van der Waals surface area contributed by atoms with Crippen LogP contribution in [0.15, 0.2) is 12.1 Å². The minimum atomic E-state index is -0.475. The van der Waals surface area contributed by atoms with Crippen LogP contribution in [0.5, 0.6) is 0 Å². The first kappa shape index (κ1) is 9.14. The second-order valence-corrected chi connectivity index (χ2v) is 4.10. The summed E-state index contributed by atoms with van der Waals surface area (Å²) in [7, 11) is 0. The van der Waals surface area contributed by atoms with E-state index in [1.807, 2.05) is 0 Å². The highest BCUT2D eigenvalue weighted by Crippen LogP contribution is 2.26. The van der Waals surface area contributed by atoms with Gasteiger partial charge in [-0.3, -0.25) is 14.9 Å². The van der Waals surface area contributed by atoms with Crippen LogP contribution < -0.4 is 0 Å². The summed E-state index contributed by atoms with van der Waals surface area (Å²) < 4.78 is 0. The van der Waals surface area contributed by atoms with Crippen LogP contribution in [0, 0.1) is 10.1 Å². The average molecular weight is 212 g/mol. The highest BCUT2D eigenvalue weighted by atomic mass is 32.1. The maximum absolute atomic E-state index is 11.6. The van der Waals surface area contributed by atoms with Crippen molar-refractivity contribution >= 4 is 22.2 Å². The molecule has 1 fully saturated rings. The molecule has 0 atom stereocenters. The monoisotopic (exact) mass is 212 g/mol. The van der Waals surface area contributed by atoms with Gasteiger partial charge in [-0.25, -0.2) is 0 Å². The number of carbonyl (C=O) groups is 1. The Morgan fingerprint density at radius 3 is 2.64 bits per heavy atom. The molecule has 1 aromatic heterocycles. The van der Waals surface area contributed by atoms with E-state index >= 15 is 0 Å². The van der Waals surface area contributed by atoms with Crippen molar-refractivity contribution in [1.82, 2.24) is 4.90 Å². The fourth-order valence-corrected chi connectivity index (χ4v) is 2.00. The summed E-state index contributed by atoms with van der Waals surface area (Å²) in [5.74, 6) is -0.0886. The first-order valence-corrected chi connectivity index (χ1v) is 5.03. The molecule has 5 nitrogen and oxygen atoms in total. The summed E-state index contributed by atoms with van der Waals surface area (Å²) in [5, 5.41) is 10.4. The molecule has 0 unspecified atom stereocenters. The lowest BCUT2D eigenvalue weighted by molar-refractivity contribution is -0.380. The first-order valence-electron chi connectivity index (χ1n) is 4.22. The molecule has 1 saturated heterocycles. The summed E-state index contributed by atoms with van der Waals surface area (Å²) in [5.41, 5.74) is 0. The van der Waals surface area contributed by atoms with Gasteiger partial charge in [0.1, 0.15) is 0 Å². The molecule has 6 heteroatoms. The van der Waals surface area contributed by atoms with Crippen molar-refractivity contribution < 1.29 is 9.72 Å². The fourth-order valence-electron chi connectivity index (χ4n) is 1.22. The molecule has 1 aliphatic heterocycles. The van der Waals surface area contributed by atoms with E-state index in [1.165, 1.54) is 12.1 Å². The van der Waals surface area contributed by atoms with Gasteiger partial charge in [0.25, 0.3) is 5.91 Å². The van der Waals surface area contributed by atoms with Crippen molar-refractivity contribution in [1.29, 1.82) is 0 Å². The highest BCUT2D eigenvalue weighted by molar-refractivity contribution is 7.17. The Bertz CT molecular complexity index is 384. The third-order valence-corrected chi connectivity index (χ3v) is 3.15. The van der Waals surface area contributed by atoms with Crippen LogP contribution in [0.4, 0.5) is 5.00 Å². The van der Waals surface area contributed by atoms with Crippen LogP contribution in [-0.2, 0) is 0 Å². The number of thiophene rings is 1. The van der Waals surface area contributed by atoms with Gasteiger partial charge in [-0.05, 0) is 12.5 Å². The van der Waals surface area contributed by atoms with Crippen molar-refractivity contribution in [2.24, 2.45) is 0 Å². The Balaban J connectivity index is 2.15. The lowest BCUT2D eigenvalue weighted by Crippen LogP contribution is -2.41. The Labute approximate surface area is 84.1 Å². The molecule has 0 N–H and O–H groups in total. The van der Waals surface area contributed by atoms with Gasteiger partial charge in [0.15, 0.2) is 0 Å². The van der Waals surface area contributed by atoms with E-state index in [0.717, 1.165) is 30.8 Å². The van der Waals surface area contributed by atoms with E-state index < -0.39 is 4.92 Å². The van der Waals surface area contributed by atoms with Gasteiger partial charge in [0, 0.05) is 19.2 Å². The number of nitrogens with zero attached hydrogens (tertiary/aromatic N) is 2. The van der Waals surface area contributed by atoms with Gasteiger partial charge in [0.05, 0.1) is 9.80 Å². The molecule has 1 aliphatic rings. The lowest BCUT2D eigenvalue weighted by atomic mass is 10.2. The molecule has 0 saturated carbocycles. The predicted octanol–water partition coefficient (Wildman–Crippen LogP) is 1.50. The molecule has 14 heavy (non-hydrogen) atoms. The van der Waals surface area contributed by atoms with Crippen molar-refractivity contribution in [2.75, 3.05) is 13.1 Å². The Morgan fingerprint density at radius 1 is 1.50 bits per heavy atom. The molecule has 1 aromatic rings. The first-order chi connectivity index (χ1) is 6.68. The Hall–Kier alpha value is -1.43. The van der Waals surface area contributed by atoms with Gasteiger partial charge in [-0.2, -0.15) is 0 Å².